The van der Waals surface area contributed by atoms with Crippen LogP contribution in [0.4, 0.5) is 0 Å². The molecule has 3 aromatic carbocycles. The van der Waals surface area contributed by atoms with Crippen molar-refractivity contribution in [2.24, 2.45) is 0 Å². The average molecular weight is 696 g/mol. The summed E-state index contributed by atoms with van der Waals surface area (Å²) in [6, 6.07) is 25.1. The molecule has 0 N–H and O–H groups in total. The lowest BCUT2D eigenvalue weighted by Crippen LogP contribution is -2.23. The summed E-state index contributed by atoms with van der Waals surface area (Å²) in [4.78, 5) is 24.1. The Morgan fingerprint density at radius 2 is 1.48 bits per heavy atom. The first-order valence-corrected chi connectivity index (χ1v) is 19.9. The molecule has 0 aromatic heterocycles. The van der Waals surface area contributed by atoms with Crippen LogP contribution in [0.2, 0.25) is 6.04 Å². The molecule has 4 rings (SSSR count). The number of carbonyl (C=O) groups excluding carboxylic acids is 2. The molecular formula is C43H55O6Si. The molecule has 267 valence electrons. The molecule has 0 unspecified atom stereocenters. The molecular weight excluding hydrogens is 641 g/mol. The summed E-state index contributed by atoms with van der Waals surface area (Å²) in [6.45, 7) is 6.01. The van der Waals surface area contributed by atoms with E-state index in [1.54, 1.807) is 20.3 Å². The van der Waals surface area contributed by atoms with Gasteiger partial charge in [0, 0.05) is 32.8 Å². The van der Waals surface area contributed by atoms with Gasteiger partial charge in [-0.1, -0.05) is 99.5 Å². The van der Waals surface area contributed by atoms with Crippen LogP contribution in [-0.4, -0.2) is 48.2 Å². The second-order valence-corrected chi connectivity index (χ2v) is 15.2. The van der Waals surface area contributed by atoms with Crippen molar-refractivity contribution in [3.05, 3.63) is 113 Å². The van der Waals surface area contributed by atoms with Crippen molar-refractivity contribution < 1.29 is 27.9 Å². The molecule has 0 spiro atoms. The number of esters is 2. The second-order valence-electron chi connectivity index (χ2n) is 13.2. The van der Waals surface area contributed by atoms with Crippen LogP contribution in [0.15, 0.2) is 85.5 Å². The topological polar surface area (TPSA) is 71.1 Å². The third kappa shape index (κ3) is 12.8. The predicted molar refractivity (Wildman–Crippen MR) is 204 cm³/mol. The van der Waals surface area contributed by atoms with Crippen LogP contribution in [-0.2, 0) is 47.2 Å². The lowest BCUT2D eigenvalue weighted by atomic mass is 9.82. The number of aryl methyl sites for hydroxylation is 2. The van der Waals surface area contributed by atoms with Crippen LogP contribution in [0.3, 0.4) is 0 Å². The van der Waals surface area contributed by atoms with Gasteiger partial charge in [-0.25, -0.2) is 9.59 Å². The highest BCUT2D eigenvalue weighted by Crippen LogP contribution is 2.34. The van der Waals surface area contributed by atoms with E-state index in [1.807, 2.05) is 6.08 Å². The van der Waals surface area contributed by atoms with Crippen molar-refractivity contribution in [1.29, 1.82) is 0 Å². The van der Waals surface area contributed by atoms with Crippen LogP contribution < -0.4 is 0 Å². The second kappa shape index (κ2) is 21.4. The molecule has 1 aliphatic rings. The van der Waals surface area contributed by atoms with Gasteiger partial charge in [-0.05, 0) is 108 Å². The molecule has 1 fully saturated rings. The standard InChI is InChI=1S/C43H55O6Si/c1-5-7-8-11-33-15-21-38(22-16-33)41-27-17-35(32-39(41)12-9-10-31-50(46-3)47-4)18-28-43(45)49-40-25-23-37(24-26-40)36-19-13-34(14-20-36)29-30-48-42(44)6-2/h6,13-22,27-28,32,37,40H,2,5,7-12,23-26,29-31H2,1,3-4H3/b28-18+. The smallest absolute Gasteiger partial charge is 0.384 e. The van der Waals surface area contributed by atoms with E-state index in [1.165, 1.54) is 53.2 Å². The molecule has 7 heteroatoms. The Morgan fingerprint density at radius 3 is 2.16 bits per heavy atom. The van der Waals surface area contributed by atoms with Gasteiger partial charge >= 0.3 is 21.2 Å². The minimum Gasteiger partial charge on any atom is -0.462 e. The minimum atomic E-state index is -1.19. The average Bonchev–Trinajstić information content (AvgIpc) is 3.15. The van der Waals surface area contributed by atoms with Crippen LogP contribution in [0.5, 0.6) is 0 Å². The third-order valence-corrected chi connectivity index (χ3v) is 11.3. The van der Waals surface area contributed by atoms with Crippen molar-refractivity contribution in [3.63, 3.8) is 0 Å². The van der Waals surface area contributed by atoms with E-state index < -0.39 is 15.3 Å². The Balaban J connectivity index is 1.32. The van der Waals surface area contributed by atoms with Gasteiger partial charge in [0.2, 0.25) is 0 Å². The van der Waals surface area contributed by atoms with E-state index in [4.69, 9.17) is 18.3 Å². The number of benzene rings is 3. The fourth-order valence-electron chi connectivity index (χ4n) is 6.67. The number of ether oxygens (including phenoxy) is 2. The molecule has 3 aromatic rings. The number of carbonyl (C=O) groups is 2. The predicted octanol–water partition coefficient (Wildman–Crippen LogP) is 9.74. The third-order valence-electron chi connectivity index (χ3n) is 9.62. The number of rotatable bonds is 20. The van der Waals surface area contributed by atoms with Crippen molar-refractivity contribution in [2.75, 3.05) is 20.8 Å². The Labute approximate surface area is 301 Å². The van der Waals surface area contributed by atoms with Gasteiger partial charge in [0.15, 0.2) is 0 Å². The van der Waals surface area contributed by atoms with Gasteiger partial charge < -0.3 is 18.3 Å². The summed E-state index contributed by atoms with van der Waals surface area (Å²) in [6.07, 6.45) is 16.8. The molecule has 0 aliphatic heterocycles. The SMILES string of the molecule is C=CC(=O)OCCc1ccc(C2CCC(OC(=O)/C=C/c3ccc(-c4ccc(CCCCC)cc4)c(CCCC[Si](OC)OC)c3)CC2)cc1. The molecule has 0 atom stereocenters. The zero-order valence-electron chi connectivity index (χ0n) is 30.3. The molecule has 0 amide bonds. The molecule has 0 heterocycles. The van der Waals surface area contributed by atoms with E-state index in [9.17, 15) is 9.59 Å². The number of hydrogen-bond donors (Lipinski definition) is 0. The highest BCUT2D eigenvalue weighted by atomic mass is 28.3. The maximum Gasteiger partial charge on any atom is 0.384 e. The Morgan fingerprint density at radius 1 is 0.800 bits per heavy atom. The lowest BCUT2D eigenvalue weighted by Gasteiger charge is -2.28. The van der Waals surface area contributed by atoms with Crippen molar-refractivity contribution >= 4 is 27.3 Å². The zero-order chi connectivity index (χ0) is 35.6. The fourth-order valence-corrected chi connectivity index (χ4v) is 7.79. The van der Waals surface area contributed by atoms with E-state index >= 15 is 0 Å². The molecule has 0 bridgehead atoms. The normalized spacial score (nSPS) is 16.1. The number of hydrogen-bond acceptors (Lipinski definition) is 6. The first-order chi connectivity index (χ1) is 24.4. The van der Waals surface area contributed by atoms with Gasteiger partial charge in [0.25, 0.3) is 0 Å². The Hall–Kier alpha value is -3.78. The Kier molecular flexibility index (Phi) is 16.7. The number of unbranched alkanes of at least 4 members (excludes halogenated alkanes) is 3. The lowest BCUT2D eigenvalue weighted by molar-refractivity contribution is -0.144. The van der Waals surface area contributed by atoms with E-state index in [0.29, 0.717) is 18.9 Å². The largest absolute Gasteiger partial charge is 0.462 e. The minimum absolute atomic E-state index is 0.0595. The monoisotopic (exact) mass is 695 g/mol. The van der Waals surface area contributed by atoms with Gasteiger partial charge in [-0.3, -0.25) is 0 Å². The first kappa shape index (κ1) is 39.0. The van der Waals surface area contributed by atoms with Crippen LogP contribution >= 0.6 is 0 Å². The summed E-state index contributed by atoms with van der Waals surface area (Å²) in [5.74, 6) is -0.221. The summed E-state index contributed by atoms with van der Waals surface area (Å²) in [5.41, 5.74) is 8.59. The Bertz CT molecular complexity index is 1500. The van der Waals surface area contributed by atoms with E-state index in [-0.39, 0.29) is 12.1 Å². The van der Waals surface area contributed by atoms with E-state index in [0.717, 1.165) is 68.5 Å². The van der Waals surface area contributed by atoms with Crippen LogP contribution in [0, 0.1) is 0 Å². The maximum atomic E-state index is 12.9. The van der Waals surface area contributed by atoms with Crippen molar-refractivity contribution in [1.82, 2.24) is 0 Å². The molecule has 1 radical (unpaired) electrons. The van der Waals surface area contributed by atoms with Crippen molar-refractivity contribution in [3.8, 4) is 11.1 Å². The van der Waals surface area contributed by atoms with Gasteiger partial charge in [0.05, 0.1) is 6.61 Å². The van der Waals surface area contributed by atoms with Crippen LogP contribution in [0.25, 0.3) is 17.2 Å². The molecule has 6 nitrogen and oxygen atoms in total. The summed E-state index contributed by atoms with van der Waals surface area (Å²) >= 11 is 0. The quantitative estimate of drug-likeness (QED) is 0.0507. The molecule has 1 saturated carbocycles. The molecule has 0 saturated heterocycles. The van der Waals surface area contributed by atoms with E-state index in [2.05, 4.69) is 80.2 Å². The highest BCUT2D eigenvalue weighted by molar-refractivity contribution is 6.44. The fraction of sp³-hybridized carbons (Fsp3) is 0.442. The molecule has 50 heavy (non-hydrogen) atoms. The van der Waals surface area contributed by atoms with Gasteiger partial charge in [-0.15, -0.1) is 0 Å². The highest BCUT2D eigenvalue weighted by Gasteiger charge is 2.24. The zero-order valence-corrected chi connectivity index (χ0v) is 31.3. The summed E-state index contributed by atoms with van der Waals surface area (Å²) < 4.78 is 21.9. The van der Waals surface area contributed by atoms with Crippen LogP contribution in [0.1, 0.15) is 98.4 Å². The maximum absolute atomic E-state index is 12.9. The molecule has 1 aliphatic carbocycles. The van der Waals surface area contributed by atoms with Gasteiger partial charge in [-0.2, -0.15) is 0 Å². The van der Waals surface area contributed by atoms with Gasteiger partial charge in [0.1, 0.15) is 6.10 Å². The first-order valence-electron chi connectivity index (χ1n) is 18.3. The summed E-state index contributed by atoms with van der Waals surface area (Å²) in [7, 11) is 2.26. The summed E-state index contributed by atoms with van der Waals surface area (Å²) in [5, 5.41) is 0. The van der Waals surface area contributed by atoms with Crippen molar-refractivity contribution in [2.45, 2.75) is 102 Å².